The number of hydrogen-bond donors (Lipinski definition) is 1. The maximum atomic E-state index is 12.9. The first-order valence-corrected chi connectivity index (χ1v) is 10.8. The lowest BCUT2D eigenvalue weighted by Crippen LogP contribution is -2.45. The summed E-state index contributed by atoms with van der Waals surface area (Å²) in [6.45, 7) is 1.02. The first-order chi connectivity index (χ1) is 12.1. The third kappa shape index (κ3) is 3.04. The van der Waals surface area contributed by atoms with Crippen molar-refractivity contribution < 1.29 is 8.42 Å². The second-order valence-electron chi connectivity index (χ2n) is 7.25. The molecule has 4 rings (SSSR count). The Hall–Kier alpha value is -1.60. The predicted molar refractivity (Wildman–Crippen MR) is 98.2 cm³/mol. The SMILES string of the molecule is O=c1[nH]c2ccccc2n1C1CCN(S(=O)(=O)C2CCCCC2)CC1. The van der Waals surface area contributed by atoms with Crippen molar-refractivity contribution in [1.82, 2.24) is 13.9 Å². The van der Waals surface area contributed by atoms with Crippen LogP contribution in [0.5, 0.6) is 0 Å². The molecule has 0 unspecified atom stereocenters. The van der Waals surface area contributed by atoms with Crippen molar-refractivity contribution in [1.29, 1.82) is 0 Å². The second kappa shape index (κ2) is 6.61. The number of nitrogens with zero attached hydrogens (tertiary/aromatic N) is 2. The summed E-state index contributed by atoms with van der Waals surface area (Å²) < 4.78 is 29.2. The quantitative estimate of drug-likeness (QED) is 0.911. The van der Waals surface area contributed by atoms with Crippen LogP contribution in [0.2, 0.25) is 0 Å². The molecule has 0 amide bonds. The topological polar surface area (TPSA) is 75.2 Å². The highest BCUT2D eigenvalue weighted by molar-refractivity contribution is 7.89. The van der Waals surface area contributed by atoms with Crippen molar-refractivity contribution in [3.8, 4) is 0 Å². The number of rotatable bonds is 3. The van der Waals surface area contributed by atoms with E-state index in [4.69, 9.17) is 0 Å². The van der Waals surface area contributed by atoms with Crippen LogP contribution in [0.25, 0.3) is 11.0 Å². The van der Waals surface area contributed by atoms with Gasteiger partial charge in [-0.1, -0.05) is 31.4 Å². The van der Waals surface area contributed by atoms with Gasteiger partial charge in [0, 0.05) is 19.1 Å². The number of hydrogen-bond acceptors (Lipinski definition) is 3. The molecular weight excluding hydrogens is 338 g/mol. The number of aromatic amines is 1. The maximum absolute atomic E-state index is 12.9. The number of nitrogens with one attached hydrogen (secondary N) is 1. The Balaban J connectivity index is 1.51. The number of fused-ring (bicyclic) bond motifs is 1. The van der Waals surface area contributed by atoms with Gasteiger partial charge in [-0.15, -0.1) is 0 Å². The van der Waals surface area contributed by atoms with E-state index < -0.39 is 10.0 Å². The lowest BCUT2D eigenvalue weighted by Gasteiger charge is -2.35. The van der Waals surface area contributed by atoms with E-state index in [1.807, 2.05) is 24.3 Å². The van der Waals surface area contributed by atoms with Gasteiger partial charge < -0.3 is 4.98 Å². The molecule has 6 nitrogen and oxygen atoms in total. The van der Waals surface area contributed by atoms with Gasteiger partial charge in [0.15, 0.2) is 0 Å². The summed E-state index contributed by atoms with van der Waals surface area (Å²) in [4.78, 5) is 15.2. The number of para-hydroxylation sites is 2. The fourth-order valence-electron chi connectivity index (χ4n) is 4.37. The van der Waals surface area contributed by atoms with E-state index in [-0.39, 0.29) is 17.0 Å². The molecule has 1 saturated heterocycles. The normalized spacial score (nSPS) is 21.8. The van der Waals surface area contributed by atoms with Gasteiger partial charge in [-0.2, -0.15) is 0 Å². The van der Waals surface area contributed by atoms with Crippen LogP contribution in [0.4, 0.5) is 0 Å². The lowest BCUT2D eigenvalue weighted by molar-refractivity contribution is 0.269. The minimum Gasteiger partial charge on any atom is -0.306 e. The standard InChI is InChI=1S/C18H25N3O3S/c22-18-19-16-8-4-5-9-17(16)21(18)14-10-12-20(13-11-14)25(23,24)15-6-2-1-3-7-15/h4-5,8-9,14-15H,1-3,6-7,10-13H2,(H,19,22). The van der Waals surface area contributed by atoms with Crippen molar-refractivity contribution in [3.63, 3.8) is 0 Å². The van der Waals surface area contributed by atoms with Gasteiger partial charge in [0.25, 0.3) is 0 Å². The van der Waals surface area contributed by atoms with Crippen LogP contribution in [0.15, 0.2) is 29.1 Å². The van der Waals surface area contributed by atoms with Gasteiger partial charge in [-0.05, 0) is 37.8 Å². The third-order valence-electron chi connectivity index (χ3n) is 5.75. The number of H-pyrrole nitrogens is 1. The zero-order chi connectivity index (χ0) is 17.4. The van der Waals surface area contributed by atoms with E-state index in [0.717, 1.165) is 43.1 Å². The average molecular weight is 363 g/mol. The predicted octanol–water partition coefficient (Wildman–Crippen LogP) is 2.63. The van der Waals surface area contributed by atoms with E-state index in [0.29, 0.717) is 25.9 Å². The van der Waals surface area contributed by atoms with Gasteiger partial charge in [0.2, 0.25) is 10.0 Å². The van der Waals surface area contributed by atoms with Crippen LogP contribution in [0.3, 0.4) is 0 Å². The number of benzene rings is 1. The van der Waals surface area contributed by atoms with Crippen LogP contribution in [0, 0.1) is 0 Å². The monoisotopic (exact) mass is 363 g/mol. The Bertz CT molecular complexity index is 901. The van der Waals surface area contributed by atoms with Crippen molar-refractivity contribution in [3.05, 3.63) is 34.7 Å². The number of aromatic nitrogens is 2. The average Bonchev–Trinajstić information content (AvgIpc) is 2.98. The van der Waals surface area contributed by atoms with Gasteiger partial charge in [-0.25, -0.2) is 17.5 Å². The molecule has 25 heavy (non-hydrogen) atoms. The Morgan fingerprint density at radius 2 is 1.64 bits per heavy atom. The molecule has 1 aromatic carbocycles. The van der Waals surface area contributed by atoms with Crippen LogP contribution < -0.4 is 5.69 Å². The Kier molecular flexibility index (Phi) is 4.45. The summed E-state index contributed by atoms with van der Waals surface area (Å²) >= 11 is 0. The molecule has 2 heterocycles. The molecule has 0 spiro atoms. The molecule has 2 aliphatic rings. The Labute approximate surface area is 147 Å². The number of sulfonamides is 1. The van der Waals surface area contributed by atoms with Crippen LogP contribution in [-0.2, 0) is 10.0 Å². The van der Waals surface area contributed by atoms with Crippen LogP contribution in [0.1, 0.15) is 51.0 Å². The molecule has 1 aliphatic heterocycles. The highest BCUT2D eigenvalue weighted by Crippen LogP contribution is 2.31. The summed E-state index contributed by atoms with van der Waals surface area (Å²) in [5, 5.41) is -0.200. The molecular formula is C18H25N3O3S. The van der Waals surface area contributed by atoms with E-state index >= 15 is 0 Å². The molecule has 2 fully saturated rings. The van der Waals surface area contributed by atoms with Crippen molar-refractivity contribution in [2.24, 2.45) is 0 Å². The molecule has 1 saturated carbocycles. The molecule has 0 atom stereocenters. The van der Waals surface area contributed by atoms with Crippen molar-refractivity contribution in [2.45, 2.75) is 56.2 Å². The first kappa shape index (κ1) is 16.8. The molecule has 7 heteroatoms. The molecule has 0 bridgehead atoms. The zero-order valence-electron chi connectivity index (χ0n) is 14.4. The number of imidazole rings is 1. The molecule has 0 radical (unpaired) electrons. The van der Waals surface area contributed by atoms with Crippen molar-refractivity contribution >= 4 is 21.1 Å². The summed E-state index contributed by atoms with van der Waals surface area (Å²) in [6, 6.07) is 7.73. The summed E-state index contributed by atoms with van der Waals surface area (Å²) in [5.74, 6) is 0. The van der Waals surface area contributed by atoms with Crippen LogP contribution >= 0.6 is 0 Å². The van der Waals surface area contributed by atoms with Gasteiger partial charge in [0.05, 0.1) is 16.3 Å². The van der Waals surface area contributed by atoms with Crippen LogP contribution in [-0.4, -0.2) is 40.6 Å². The maximum Gasteiger partial charge on any atom is 0.326 e. The first-order valence-electron chi connectivity index (χ1n) is 9.25. The van der Waals surface area contributed by atoms with E-state index in [1.54, 1.807) is 8.87 Å². The highest BCUT2D eigenvalue weighted by atomic mass is 32.2. The van der Waals surface area contributed by atoms with E-state index in [1.165, 1.54) is 0 Å². The second-order valence-corrected chi connectivity index (χ2v) is 9.47. The smallest absolute Gasteiger partial charge is 0.306 e. The molecule has 136 valence electrons. The molecule has 1 aromatic heterocycles. The minimum atomic E-state index is -3.19. The van der Waals surface area contributed by atoms with Gasteiger partial charge >= 0.3 is 5.69 Å². The fourth-order valence-corrected chi connectivity index (χ4v) is 6.44. The molecule has 1 aliphatic carbocycles. The third-order valence-corrected chi connectivity index (χ3v) is 8.14. The molecule has 2 aromatic rings. The molecule has 1 N–H and O–H groups in total. The van der Waals surface area contributed by atoms with Crippen molar-refractivity contribution in [2.75, 3.05) is 13.1 Å². The van der Waals surface area contributed by atoms with E-state index in [2.05, 4.69) is 4.98 Å². The summed E-state index contributed by atoms with van der Waals surface area (Å²) in [5.41, 5.74) is 1.64. The Morgan fingerprint density at radius 1 is 0.960 bits per heavy atom. The summed E-state index contributed by atoms with van der Waals surface area (Å²) in [7, 11) is -3.19. The summed E-state index contributed by atoms with van der Waals surface area (Å²) in [6.07, 6.45) is 6.16. The number of piperidine rings is 1. The largest absolute Gasteiger partial charge is 0.326 e. The fraction of sp³-hybridized carbons (Fsp3) is 0.611. The Morgan fingerprint density at radius 3 is 2.36 bits per heavy atom. The van der Waals surface area contributed by atoms with Gasteiger partial charge in [0.1, 0.15) is 0 Å². The minimum absolute atomic E-state index is 0.0569. The highest BCUT2D eigenvalue weighted by Gasteiger charge is 2.35. The lowest BCUT2D eigenvalue weighted by atomic mass is 10.0. The van der Waals surface area contributed by atoms with Gasteiger partial charge in [-0.3, -0.25) is 4.57 Å². The zero-order valence-corrected chi connectivity index (χ0v) is 15.2. The van der Waals surface area contributed by atoms with E-state index in [9.17, 15) is 13.2 Å².